The second-order valence-corrected chi connectivity index (χ2v) is 4.18. The van der Waals surface area contributed by atoms with Crippen molar-refractivity contribution in [1.29, 1.82) is 0 Å². The van der Waals surface area contributed by atoms with E-state index in [9.17, 15) is 9.18 Å². The van der Waals surface area contributed by atoms with Crippen molar-refractivity contribution in [3.05, 3.63) is 29.6 Å². The molecule has 0 bridgehead atoms. The summed E-state index contributed by atoms with van der Waals surface area (Å²) >= 11 is 0. The van der Waals surface area contributed by atoms with Gasteiger partial charge in [-0.25, -0.2) is 4.39 Å². The number of carbonyl (C=O) groups is 1. The predicted molar refractivity (Wildman–Crippen MR) is 60.8 cm³/mol. The van der Waals surface area contributed by atoms with Gasteiger partial charge in [-0.3, -0.25) is 4.79 Å². The Morgan fingerprint density at radius 1 is 1.38 bits per heavy atom. The fourth-order valence-corrected chi connectivity index (χ4v) is 2.11. The van der Waals surface area contributed by atoms with Crippen molar-refractivity contribution in [2.45, 2.75) is 31.7 Å². The van der Waals surface area contributed by atoms with Crippen molar-refractivity contribution in [3.63, 3.8) is 0 Å². The normalized spacial score (nSPS) is 16.3. The Kier molecular flexibility index (Phi) is 3.08. The Bertz CT molecular complexity index is 400. The molecule has 1 aliphatic carbocycles. The highest BCUT2D eigenvalue weighted by molar-refractivity contribution is 5.94. The third-order valence-electron chi connectivity index (χ3n) is 2.96. The fourth-order valence-electron chi connectivity index (χ4n) is 2.11. The number of anilines is 1. The summed E-state index contributed by atoms with van der Waals surface area (Å²) in [5.74, 6) is -1.29. The topological polar surface area (TPSA) is 55.1 Å². The van der Waals surface area contributed by atoms with E-state index in [1.165, 1.54) is 25.0 Å². The molecule has 0 unspecified atom stereocenters. The maximum Gasteiger partial charge on any atom is 0.251 e. The first kappa shape index (κ1) is 10.9. The minimum Gasteiger partial charge on any atom is -0.382 e. The average molecular weight is 222 g/mol. The average Bonchev–Trinajstić information content (AvgIpc) is 2.73. The van der Waals surface area contributed by atoms with Gasteiger partial charge in [0.2, 0.25) is 0 Å². The number of nitrogens with two attached hydrogens (primary N) is 1. The highest BCUT2D eigenvalue weighted by Crippen LogP contribution is 2.23. The van der Waals surface area contributed by atoms with Crippen LogP contribution in [0.5, 0.6) is 0 Å². The van der Waals surface area contributed by atoms with Gasteiger partial charge in [0.15, 0.2) is 0 Å². The lowest BCUT2D eigenvalue weighted by molar-refractivity contribution is 0.0996. The highest BCUT2D eigenvalue weighted by Gasteiger charge is 2.15. The molecule has 4 heteroatoms. The maximum atomic E-state index is 13.2. The van der Waals surface area contributed by atoms with E-state index >= 15 is 0 Å². The van der Waals surface area contributed by atoms with Crippen LogP contribution in [0.3, 0.4) is 0 Å². The number of rotatable bonds is 3. The van der Waals surface area contributed by atoms with E-state index in [2.05, 4.69) is 5.32 Å². The molecule has 1 aromatic carbocycles. The number of carbonyl (C=O) groups excluding carboxylic acids is 1. The van der Waals surface area contributed by atoms with Gasteiger partial charge in [0.25, 0.3) is 5.91 Å². The molecule has 0 atom stereocenters. The summed E-state index contributed by atoms with van der Waals surface area (Å²) in [6.07, 6.45) is 4.70. The second kappa shape index (κ2) is 4.51. The van der Waals surface area contributed by atoms with Crippen LogP contribution in [0.1, 0.15) is 36.0 Å². The van der Waals surface area contributed by atoms with Gasteiger partial charge in [0.05, 0.1) is 5.56 Å². The van der Waals surface area contributed by atoms with Gasteiger partial charge in [-0.15, -0.1) is 0 Å². The van der Waals surface area contributed by atoms with Crippen LogP contribution in [-0.4, -0.2) is 11.9 Å². The quantitative estimate of drug-likeness (QED) is 0.824. The van der Waals surface area contributed by atoms with Crippen LogP contribution in [0, 0.1) is 5.82 Å². The molecular weight excluding hydrogens is 207 g/mol. The minimum absolute atomic E-state index is 0.0528. The van der Waals surface area contributed by atoms with Crippen LogP contribution in [0.25, 0.3) is 0 Å². The monoisotopic (exact) mass is 222 g/mol. The summed E-state index contributed by atoms with van der Waals surface area (Å²) in [5, 5.41) is 3.29. The molecule has 0 aromatic heterocycles. The zero-order valence-electron chi connectivity index (χ0n) is 9.00. The molecule has 3 nitrogen and oxygen atoms in total. The van der Waals surface area contributed by atoms with Crippen molar-refractivity contribution < 1.29 is 9.18 Å². The Balaban J connectivity index is 2.15. The molecule has 1 fully saturated rings. The minimum atomic E-state index is -0.729. The first-order chi connectivity index (χ1) is 7.66. The molecule has 3 N–H and O–H groups in total. The highest BCUT2D eigenvalue weighted by atomic mass is 19.1. The van der Waals surface area contributed by atoms with E-state index in [1.54, 1.807) is 6.07 Å². The molecule has 1 aliphatic rings. The summed E-state index contributed by atoms with van der Waals surface area (Å²) in [6.45, 7) is 0. The van der Waals surface area contributed by atoms with E-state index < -0.39 is 11.7 Å². The maximum absolute atomic E-state index is 13.2. The smallest absolute Gasteiger partial charge is 0.251 e. The van der Waals surface area contributed by atoms with Crippen LogP contribution < -0.4 is 11.1 Å². The van der Waals surface area contributed by atoms with Crippen molar-refractivity contribution in [3.8, 4) is 0 Å². The molecule has 0 aliphatic heterocycles. The number of amides is 1. The van der Waals surface area contributed by atoms with Crippen molar-refractivity contribution in [2.24, 2.45) is 5.73 Å². The SMILES string of the molecule is NC(=O)c1cc(NC2CCCC2)ccc1F. The number of benzene rings is 1. The molecule has 0 saturated heterocycles. The molecule has 0 heterocycles. The zero-order chi connectivity index (χ0) is 11.5. The lowest BCUT2D eigenvalue weighted by Gasteiger charge is -2.14. The van der Waals surface area contributed by atoms with Gasteiger partial charge >= 0.3 is 0 Å². The Morgan fingerprint density at radius 2 is 2.06 bits per heavy atom. The zero-order valence-corrected chi connectivity index (χ0v) is 9.00. The summed E-state index contributed by atoms with van der Waals surface area (Å²) < 4.78 is 13.2. The molecule has 1 amide bonds. The van der Waals surface area contributed by atoms with E-state index in [0.29, 0.717) is 6.04 Å². The predicted octanol–water partition coefficient (Wildman–Crippen LogP) is 2.28. The van der Waals surface area contributed by atoms with Crippen LogP contribution in [-0.2, 0) is 0 Å². The van der Waals surface area contributed by atoms with Gasteiger partial charge < -0.3 is 11.1 Å². The first-order valence-corrected chi connectivity index (χ1v) is 5.52. The Morgan fingerprint density at radius 3 is 2.69 bits per heavy atom. The number of halogens is 1. The number of primary amides is 1. The summed E-state index contributed by atoms with van der Waals surface area (Å²) in [4.78, 5) is 11.0. The number of hydrogen-bond donors (Lipinski definition) is 2. The summed E-state index contributed by atoms with van der Waals surface area (Å²) in [7, 11) is 0. The third-order valence-corrected chi connectivity index (χ3v) is 2.96. The van der Waals surface area contributed by atoms with E-state index in [4.69, 9.17) is 5.73 Å². The number of hydrogen-bond acceptors (Lipinski definition) is 2. The Labute approximate surface area is 93.8 Å². The molecular formula is C12H15FN2O. The van der Waals surface area contributed by atoms with Crippen LogP contribution in [0.15, 0.2) is 18.2 Å². The largest absolute Gasteiger partial charge is 0.382 e. The van der Waals surface area contributed by atoms with Gasteiger partial charge in [-0.1, -0.05) is 12.8 Å². The molecule has 2 rings (SSSR count). The van der Waals surface area contributed by atoms with Gasteiger partial charge in [0, 0.05) is 11.7 Å². The lowest BCUT2D eigenvalue weighted by Crippen LogP contribution is -2.17. The molecule has 1 aromatic rings. The molecule has 16 heavy (non-hydrogen) atoms. The molecule has 1 saturated carbocycles. The van der Waals surface area contributed by atoms with E-state index in [0.717, 1.165) is 18.5 Å². The van der Waals surface area contributed by atoms with Crippen molar-refractivity contribution in [1.82, 2.24) is 0 Å². The van der Waals surface area contributed by atoms with Crippen LogP contribution >= 0.6 is 0 Å². The molecule has 86 valence electrons. The summed E-state index contributed by atoms with van der Waals surface area (Å²) in [5.41, 5.74) is 5.80. The van der Waals surface area contributed by atoms with Crippen LogP contribution in [0.2, 0.25) is 0 Å². The van der Waals surface area contributed by atoms with Gasteiger partial charge in [-0.2, -0.15) is 0 Å². The second-order valence-electron chi connectivity index (χ2n) is 4.18. The summed E-state index contributed by atoms with van der Waals surface area (Å²) in [6, 6.07) is 4.83. The number of nitrogens with one attached hydrogen (secondary N) is 1. The first-order valence-electron chi connectivity index (χ1n) is 5.52. The van der Waals surface area contributed by atoms with E-state index in [-0.39, 0.29) is 5.56 Å². The standard InChI is InChI=1S/C12H15FN2O/c13-11-6-5-9(7-10(11)12(14)16)15-8-3-1-2-4-8/h5-8,15H,1-4H2,(H2,14,16). The Hall–Kier alpha value is -1.58. The van der Waals surface area contributed by atoms with Gasteiger partial charge in [0.1, 0.15) is 5.82 Å². The fraction of sp³-hybridized carbons (Fsp3) is 0.417. The van der Waals surface area contributed by atoms with Crippen LogP contribution in [0.4, 0.5) is 10.1 Å². The van der Waals surface area contributed by atoms with E-state index in [1.807, 2.05) is 0 Å². The molecule has 0 spiro atoms. The van der Waals surface area contributed by atoms with Crippen molar-refractivity contribution in [2.75, 3.05) is 5.32 Å². The van der Waals surface area contributed by atoms with Crippen molar-refractivity contribution >= 4 is 11.6 Å². The molecule has 0 radical (unpaired) electrons. The van der Waals surface area contributed by atoms with Gasteiger partial charge in [-0.05, 0) is 31.0 Å². The lowest BCUT2D eigenvalue weighted by atomic mass is 10.1. The third kappa shape index (κ3) is 2.32.